The Morgan fingerprint density at radius 1 is 1.21 bits per heavy atom. The van der Waals surface area contributed by atoms with E-state index >= 15 is 0 Å². The maximum absolute atomic E-state index is 13.2. The predicted molar refractivity (Wildman–Crippen MR) is 126 cm³/mol. The highest BCUT2D eigenvalue weighted by Gasteiger charge is 2.24. The molecule has 0 saturated carbocycles. The number of carbonyl (C=O) groups excluding carboxylic acids is 1. The van der Waals surface area contributed by atoms with E-state index in [-0.39, 0.29) is 39.5 Å². The molecule has 0 spiro atoms. The fourth-order valence-corrected chi connectivity index (χ4v) is 4.01. The van der Waals surface area contributed by atoms with Crippen molar-refractivity contribution in [2.75, 3.05) is 21.0 Å². The van der Waals surface area contributed by atoms with Gasteiger partial charge in [0.15, 0.2) is 12.6 Å². The lowest BCUT2D eigenvalue weighted by Gasteiger charge is -2.18. The van der Waals surface area contributed by atoms with E-state index in [1.54, 1.807) is 0 Å². The fourth-order valence-electron chi connectivity index (χ4n) is 2.93. The molecule has 33 heavy (non-hydrogen) atoms. The van der Waals surface area contributed by atoms with Crippen molar-refractivity contribution < 1.29 is 32.5 Å². The summed E-state index contributed by atoms with van der Waals surface area (Å²) in [6.07, 6.45) is 4.84. The molecule has 2 rings (SSSR count). The number of methoxy groups -OCH3 is 2. The van der Waals surface area contributed by atoms with E-state index in [0.29, 0.717) is 17.5 Å². The lowest BCUT2D eigenvalue weighted by atomic mass is 9.99. The molecule has 3 N–H and O–H groups in total. The van der Waals surface area contributed by atoms with Crippen LogP contribution in [0.4, 0.5) is 0 Å². The molecule has 0 aliphatic rings. The van der Waals surface area contributed by atoms with E-state index in [4.69, 9.17) is 31.0 Å². The molecule has 8 nitrogen and oxygen atoms in total. The second-order valence-electron chi connectivity index (χ2n) is 7.25. The van der Waals surface area contributed by atoms with Crippen LogP contribution in [0.25, 0.3) is 6.08 Å². The maximum Gasteiger partial charge on any atom is 0.239 e. The number of phenols is 1. The smallest absolute Gasteiger partial charge is 0.239 e. The zero-order valence-electron chi connectivity index (χ0n) is 18.7. The minimum absolute atomic E-state index is 0.0275. The normalized spacial score (nSPS) is 11.5. The second kappa shape index (κ2) is 11.3. The van der Waals surface area contributed by atoms with Crippen LogP contribution in [-0.2, 0) is 21.2 Å². The average Bonchev–Trinajstić information content (AvgIpc) is 2.74. The van der Waals surface area contributed by atoms with Crippen molar-refractivity contribution in [3.8, 4) is 17.2 Å². The molecule has 0 aliphatic carbocycles. The highest BCUT2D eigenvalue weighted by atomic mass is 35.5. The van der Waals surface area contributed by atoms with Crippen LogP contribution in [0.1, 0.15) is 35.3 Å². The summed E-state index contributed by atoms with van der Waals surface area (Å²) < 4.78 is 39.4. The first kappa shape index (κ1) is 26.4. The molecule has 0 radical (unpaired) electrons. The summed E-state index contributed by atoms with van der Waals surface area (Å²) in [5, 5.41) is 15.7. The molecular formula is C23H26ClNO7S. The van der Waals surface area contributed by atoms with Crippen LogP contribution in [0.15, 0.2) is 46.9 Å². The van der Waals surface area contributed by atoms with Gasteiger partial charge in [-0.1, -0.05) is 35.4 Å². The van der Waals surface area contributed by atoms with Crippen LogP contribution >= 0.6 is 11.6 Å². The lowest BCUT2D eigenvalue weighted by molar-refractivity contribution is 0.0494. The Morgan fingerprint density at radius 2 is 1.91 bits per heavy atom. The fraction of sp³-hybridized carbons (Fsp3) is 0.261. The number of benzene rings is 2. The maximum atomic E-state index is 13.2. The van der Waals surface area contributed by atoms with E-state index in [2.05, 4.69) is 0 Å². The third-order valence-corrected chi connectivity index (χ3v) is 5.91. The average molecular weight is 496 g/mol. The van der Waals surface area contributed by atoms with Gasteiger partial charge in [0, 0.05) is 18.7 Å². The zero-order valence-corrected chi connectivity index (χ0v) is 20.3. The number of ketones is 1. The van der Waals surface area contributed by atoms with Crippen molar-refractivity contribution in [1.82, 2.24) is 0 Å². The molecule has 0 amide bonds. The number of halogens is 1. The molecule has 2 aromatic rings. The van der Waals surface area contributed by atoms with Gasteiger partial charge >= 0.3 is 0 Å². The van der Waals surface area contributed by atoms with Crippen LogP contribution in [0, 0.1) is 0 Å². The number of allylic oxidation sites excluding steroid dienone is 3. The lowest BCUT2D eigenvalue weighted by Crippen LogP contribution is -2.12. The number of ether oxygens (including phenoxy) is 3. The predicted octanol–water partition coefficient (Wildman–Crippen LogP) is 4.09. The molecule has 178 valence electrons. The molecular weight excluding hydrogens is 470 g/mol. The number of hydrogen-bond acceptors (Lipinski definition) is 7. The third-order valence-electron chi connectivity index (χ3n) is 4.52. The summed E-state index contributed by atoms with van der Waals surface area (Å²) in [6.45, 7) is 3.66. The van der Waals surface area contributed by atoms with Gasteiger partial charge in [0.1, 0.15) is 27.7 Å². The van der Waals surface area contributed by atoms with Crippen molar-refractivity contribution in [1.29, 1.82) is 0 Å². The Morgan fingerprint density at radius 3 is 2.48 bits per heavy atom. The Labute approximate surface area is 198 Å². The minimum atomic E-state index is -4.04. The SMILES string of the molecule is COCOc1c(CC=C(C)C)c(O)cc(OC)c1C(=O)/C=C/c1ccc(Cl)c(S(N)(=O)=O)c1. The van der Waals surface area contributed by atoms with Crippen LogP contribution in [0.2, 0.25) is 5.02 Å². The van der Waals surface area contributed by atoms with Gasteiger partial charge in [0.05, 0.1) is 12.1 Å². The summed E-state index contributed by atoms with van der Waals surface area (Å²) >= 11 is 5.91. The number of hydrogen-bond donors (Lipinski definition) is 2. The molecule has 0 atom stereocenters. The largest absolute Gasteiger partial charge is 0.507 e. The Bertz CT molecular complexity index is 1200. The van der Waals surface area contributed by atoms with E-state index in [1.165, 1.54) is 50.6 Å². The Kier molecular flexibility index (Phi) is 9.07. The molecule has 0 fully saturated rings. The van der Waals surface area contributed by atoms with E-state index < -0.39 is 15.8 Å². The number of primary sulfonamides is 1. The Balaban J connectivity index is 2.58. The summed E-state index contributed by atoms with van der Waals surface area (Å²) in [5.41, 5.74) is 1.89. The van der Waals surface area contributed by atoms with Crippen LogP contribution in [0.5, 0.6) is 17.2 Å². The number of rotatable bonds is 10. The number of nitrogens with two attached hydrogens (primary N) is 1. The number of aromatic hydroxyl groups is 1. The molecule has 0 aromatic heterocycles. The molecule has 0 bridgehead atoms. The second-order valence-corrected chi connectivity index (χ2v) is 9.19. The van der Waals surface area contributed by atoms with Crippen LogP contribution < -0.4 is 14.6 Å². The molecule has 0 aliphatic heterocycles. The summed E-state index contributed by atoms with van der Waals surface area (Å²) in [4.78, 5) is 12.9. The summed E-state index contributed by atoms with van der Waals surface area (Å²) in [7, 11) is -1.24. The van der Waals surface area contributed by atoms with Crippen molar-refractivity contribution >= 4 is 33.5 Å². The summed E-state index contributed by atoms with van der Waals surface area (Å²) in [5.74, 6) is -0.354. The molecule has 10 heteroatoms. The monoisotopic (exact) mass is 495 g/mol. The molecule has 0 unspecified atom stereocenters. The van der Waals surface area contributed by atoms with Crippen LogP contribution in [0.3, 0.4) is 0 Å². The zero-order chi connectivity index (χ0) is 24.8. The molecule has 2 aromatic carbocycles. The highest BCUT2D eigenvalue weighted by Crippen LogP contribution is 2.40. The van der Waals surface area contributed by atoms with Crippen molar-refractivity contribution in [2.45, 2.75) is 25.2 Å². The number of sulfonamides is 1. The highest BCUT2D eigenvalue weighted by molar-refractivity contribution is 7.89. The van der Waals surface area contributed by atoms with Gasteiger partial charge in [0.25, 0.3) is 0 Å². The van der Waals surface area contributed by atoms with Crippen LogP contribution in [-0.4, -0.2) is 40.3 Å². The van der Waals surface area contributed by atoms with Gasteiger partial charge in [-0.2, -0.15) is 0 Å². The number of phenolic OH excluding ortho intramolecular Hbond substituents is 1. The first-order valence-electron chi connectivity index (χ1n) is 9.72. The first-order chi connectivity index (χ1) is 15.5. The standard InChI is InChI=1S/C23H26ClNO7S/c1-14(2)5-8-16-19(27)12-20(31-4)22(23(16)32-13-30-3)18(26)10-7-15-6-9-17(24)21(11-15)33(25,28)29/h5-7,9-12,27H,8,13H2,1-4H3,(H2,25,28,29)/b10-7+. The quantitative estimate of drug-likeness (QED) is 0.220. The van der Waals surface area contributed by atoms with Gasteiger partial charge in [-0.05, 0) is 44.0 Å². The van der Waals surface area contributed by atoms with E-state index in [1.807, 2.05) is 19.9 Å². The van der Waals surface area contributed by atoms with Gasteiger partial charge < -0.3 is 19.3 Å². The number of carbonyl (C=O) groups is 1. The first-order valence-corrected chi connectivity index (χ1v) is 11.6. The van der Waals surface area contributed by atoms with Gasteiger partial charge in [-0.15, -0.1) is 0 Å². The molecule has 0 saturated heterocycles. The van der Waals surface area contributed by atoms with E-state index in [0.717, 1.165) is 5.57 Å². The van der Waals surface area contributed by atoms with Crippen molar-refractivity contribution in [3.05, 3.63) is 63.7 Å². The summed E-state index contributed by atoms with van der Waals surface area (Å²) in [6, 6.07) is 5.52. The molecule has 0 heterocycles. The van der Waals surface area contributed by atoms with Crippen molar-refractivity contribution in [2.24, 2.45) is 5.14 Å². The Hall–Kier alpha value is -2.85. The van der Waals surface area contributed by atoms with Gasteiger partial charge in [0.2, 0.25) is 10.0 Å². The van der Waals surface area contributed by atoms with E-state index in [9.17, 15) is 18.3 Å². The third kappa shape index (κ3) is 6.82. The van der Waals surface area contributed by atoms with Crippen molar-refractivity contribution in [3.63, 3.8) is 0 Å². The minimum Gasteiger partial charge on any atom is -0.507 e. The topological polar surface area (TPSA) is 125 Å². The van der Waals surface area contributed by atoms with Gasteiger partial charge in [-0.25, -0.2) is 13.6 Å². The van der Waals surface area contributed by atoms with Gasteiger partial charge in [-0.3, -0.25) is 4.79 Å².